The average Bonchev–Trinajstić information content (AvgIpc) is 2.90. The minimum absolute atomic E-state index is 0.134. The van der Waals surface area contributed by atoms with E-state index in [0.29, 0.717) is 27.9 Å². The van der Waals surface area contributed by atoms with Gasteiger partial charge in [-0.2, -0.15) is 8.78 Å². The quantitative estimate of drug-likeness (QED) is 0.311. The first kappa shape index (κ1) is 26.0. The lowest BCUT2D eigenvalue weighted by Gasteiger charge is -2.36. The first-order valence-electron chi connectivity index (χ1n) is 12.3. The van der Waals surface area contributed by atoms with Crippen LogP contribution in [-0.4, -0.2) is 51.9 Å². The summed E-state index contributed by atoms with van der Waals surface area (Å²) in [6.07, 6.45) is 1.98. The van der Waals surface area contributed by atoms with E-state index >= 15 is 0 Å². The van der Waals surface area contributed by atoms with Crippen LogP contribution in [0.4, 0.5) is 14.6 Å². The highest BCUT2D eigenvalue weighted by Gasteiger charge is 2.23. The Balaban J connectivity index is 1.31. The molecular weight excluding hydrogens is 508 g/mol. The van der Waals surface area contributed by atoms with E-state index in [0.717, 1.165) is 41.2 Å². The summed E-state index contributed by atoms with van der Waals surface area (Å²) < 4.78 is 31.2. The second-order valence-corrected chi connectivity index (χ2v) is 10.3. The van der Waals surface area contributed by atoms with Gasteiger partial charge in [-0.1, -0.05) is 23.9 Å². The molecule has 1 aromatic carbocycles. The number of amides is 1. The number of morpholine rings is 1. The normalized spacial score (nSPS) is 17.7. The average molecular weight is 536 g/mol. The van der Waals surface area contributed by atoms with E-state index in [1.54, 1.807) is 24.4 Å². The first-order valence-corrected chi connectivity index (χ1v) is 13.2. The lowest BCUT2D eigenvalue weighted by atomic mass is 10.1. The van der Waals surface area contributed by atoms with Crippen LogP contribution < -0.4 is 10.2 Å². The molecule has 2 unspecified atom stereocenters. The van der Waals surface area contributed by atoms with Gasteiger partial charge in [-0.25, -0.2) is 9.97 Å². The number of ether oxygens (including phenoxy) is 1. The molecule has 4 aromatic rings. The standard InChI is InChI=1S/C28H27F2N5O2S/c1-17-15-35(16-18(2)37-17)26-8-4-7-23(34-26)24-10-9-20-13-31-21(12-25(20)33-24)14-32-27(36)19-5-3-6-22(11-19)38-28(29)30/h3-13,17-18,28H,14-16H2,1-2H3,(H,32,36). The summed E-state index contributed by atoms with van der Waals surface area (Å²) in [5, 5.41) is 3.67. The molecule has 0 saturated carbocycles. The van der Waals surface area contributed by atoms with Gasteiger partial charge in [0.2, 0.25) is 0 Å². The SMILES string of the molecule is CC1CN(c2cccc(-c3ccc4cnc(CNC(=O)c5cccc(SC(F)F)c5)cc4n3)n2)CC(C)O1. The van der Waals surface area contributed by atoms with Gasteiger partial charge < -0.3 is 15.0 Å². The number of aromatic nitrogens is 3. The number of thioether (sulfide) groups is 1. The van der Waals surface area contributed by atoms with Crippen LogP contribution in [0.1, 0.15) is 29.9 Å². The molecular formula is C28H27F2N5O2S. The van der Waals surface area contributed by atoms with Crippen LogP contribution in [0, 0.1) is 0 Å². The predicted octanol–water partition coefficient (Wildman–Crippen LogP) is 5.55. The Kier molecular flexibility index (Phi) is 7.80. The fourth-order valence-electron chi connectivity index (χ4n) is 4.49. The third-order valence-electron chi connectivity index (χ3n) is 6.12. The largest absolute Gasteiger partial charge is 0.372 e. The van der Waals surface area contributed by atoms with E-state index in [-0.39, 0.29) is 24.7 Å². The zero-order valence-corrected chi connectivity index (χ0v) is 21.8. The molecule has 10 heteroatoms. The Hall–Kier alpha value is -3.63. The van der Waals surface area contributed by atoms with Crippen LogP contribution in [0.15, 0.2) is 71.8 Å². The molecule has 2 atom stereocenters. The highest BCUT2D eigenvalue weighted by atomic mass is 32.2. The van der Waals surface area contributed by atoms with Crippen LogP contribution >= 0.6 is 11.8 Å². The van der Waals surface area contributed by atoms with Gasteiger partial charge in [-0.3, -0.25) is 9.78 Å². The van der Waals surface area contributed by atoms with Gasteiger partial charge >= 0.3 is 0 Å². The molecule has 0 spiro atoms. The lowest BCUT2D eigenvalue weighted by molar-refractivity contribution is -0.00545. The van der Waals surface area contributed by atoms with E-state index in [4.69, 9.17) is 14.7 Å². The number of anilines is 1. The van der Waals surface area contributed by atoms with Crippen molar-refractivity contribution in [1.82, 2.24) is 20.3 Å². The number of nitrogens with one attached hydrogen (secondary N) is 1. The monoisotopic (exact) mass is 535 g/mol. The Morgan fingerprint density at radius 3 is 2.61 bits per heavy atom. The zero-order chi connectivity index (χ0) is 26.6. The van der Waals surface area contributed by atoms with Crippen LogP contribution in [0.2, 0.25) is 0 Å². The minimum atomic E-state index is -2.54. The molecule has 0 radical (unpaired) electrons. The van der Waals surface area contributed by atoms with Gasteiger partial charge in [0.1, 0.15) is 5.82 Å². The molecule has 38 heavy (non-hydrogen) atoms. The van der Waals surface area contributed by atoms with Gasteiger partial charge in [0.15, 0.2) is 0 Å². The van der Waals surface area contributed by atoms with Crippen molar-refractivity contribution in [1.29, 1.82) is 0 Å². The molecule has 1 saturated heterocycles. The summed E-state index contributed by atoms with van der Waals surface area (Å²) in [4.78, 5) is 29.3. The van der Waals surface area contributed by atoms with Crippen LogP contribution in [0.25, 0.3) is 22.3 Å². The number of nitrogens with zero attached hydrogens (tertiary/aromatic N) is 4. The number of rotatable bonds is 7. The van der Waals surface area contributed by atoms with E-state index in [2.05, 4.69) is 29.0 Å². The van der Waals surface area contributed by atoms with Gasteiger partial charge in [-0.05, 0) is 62.4 Å². The van der Waals surface area contributed by atoms with Crippen molar-refractivity contribution in [2.75, 3.05) is 18.0 Å². The molecule has 1 N–H and O–H groups in total. The molecule has 1 aliphatic rings. The van der Waals surface area contributed by atoms with Crippen molar-refractivity contribution in [2.45, 2.75) is 43.3 Å². The summed E-state index contributed by atoms with van der Waals surface area (Å²) in [6, 6.07) is 17.8. The van der Waals surface area contributed by atoms with Gasteiger partial charge in [-0.15, -0.1) is 0 Å². The molecule has 4 heterocycles. The molecule has 196 valence electrons. The number of alkyl halides is 2. The van der Waals surface area contributed by atoms with Crippen LogP contribution in [0.3, 0.4) is 0 Å². The molecule has 1 amide bonds. The predicted molar refractivity (Wildman–Crippen MR) is 144 cm³/mol. The van der Waals surface area contributed by atoms with Crippen LogP contribution in [-0.2, 0) is 11.3 Å². The zero-order valence-electron chi connectivity index (χ0n) is 21.0. The summed E-state index contributed by atoms with van der Waals surface area (Å²) >= 11 is 0.407. The molecule has 1 fully saturated rings. The van der Waals surface area contributed by atoms with Gasteiger partial charge in [0.05, 0.1) is 41.4 Å². The maximum atomic E-state index is 12.7. The molecule has 1 aliphatic heterocycles. The highest BCUT2D eigenvalue weighted by molar-refractivity contribution is 7.99. The number of hydrogen-bond donors (Lipinski definition) is 1. The third kappa shape index (κ3) is 6.25. The summed E-state index contributed by atoms with van der Waals surface area (Å²) in [6.45, 7) is 5.86. The van der Waals surface area contributed by atoms with E-state index < -0.39 is 5.76 Å². The number of hydrogen-bond acceptors (Lipinski definition) is 7. The number of benzene rings is 1. The van der Waals surface area contributed by atoms with Gasteiger partial charge in [0.25, 0.3) is 11.7 Å². The molecule has 0 aliphatic carbocycles. The summed E-state index contributed by atoms with van der Waals surface area (Å²) in [5.74, 6) is -2.02. The second kappa shape index (κ2) is 11.4. The molecule has 0 bridgehead atoms. The third-order valence-corrected chi connectivity index (χ3v) is 6.83. The Bertz CT molecular complexity index is 1440. The van der Waals surface area contributed by atoms with Crippen molar-refractivity contribution in [3.63, 3.8) is 0 Å². The van der Waals surface area contributed by atoms with Crippen molar-refractivity contribution in [3.05, 3.63) is 78.1 Å². The summed E-state index contributed by atoms with van der Waals surface area (Å²) in [5.41, 5.74) is 3.18. The van der Waals surface area contributed by atoms with Crippen molar-refractivity contribution in [3.8, 4) is 11.4 Å². The number of pyridine rings is 3. The van der Waals surface area contributed by atoms with Crippen LogP contribution in [0.5, 0.6) is 0 Å². The van der Waals surface area contributed by atoms with Crippen molar-refractivity contribution in [2.24, 2.45) is 0 Å². The summed E-state index contributed by atoms with van der Waals surface area (Å²) in [7, 11) is 0. The van der Waals surface area contributed by atoms with Gasteiger partial charge in [0, 0.05) is 35.1 Å². The smallest absolute Gasteiger partial charge is 0.288 e. The molecule has 5 rings (SSSR count). The number of fused-ring (bicyclic) bond motifs is 1. The number of carbonyl (C=O) groups excluding carboxylic acids is 1. The Morgan fingerprint density at radius 2 is 1.82 bits per heavy atom. The fraction of sp³-hybridized carbons (Fsp3) is 0.286. The Morgan fingerprint density at radius 1 is 1.05 bits per heavy atom. The van der Waals surface area contributed by atoms with E-state index in [1.807, 2.05) is 36.4 Å². The van der Waals surface area contributed by atoms with Crippen molar-refractivity contribution < 1.29 is 18.3 Å². The van der Waals surface area contributed by atoms with E-state index in [1.165, 1.54) is 6.07 Å². The first-order chi connectivity index (χ1) is 18.3. The van der Waals surface area contributed by atoms with E-state index in [9.17, 15) is 13.6 Å². The maximum absolute atomic E-state index is 12.7. The van der Waals surface area contributed by atoms with Crippen molar-refractivity contribution >= 4 is 34.4 Å². The second-order valence-electron chi connectivity index (χ2n) is 9.20. The minimum Gasteiger partial charge on any atom is -0.372 e. The number of carbonyl (C=O) groups is 1. The number of halogens is 2. The fourth-order valence-corrected chi connectivity index (χ4v) is 5.05. The molecule has 7 nitrogen and oxygen atoms in total. The highest BCUT2D eigenvalue weighted by Crippen LogP contribution is 2.26. The molecule has 3 aromatic heterocycles. The Labute approximate surface area is 223 Å². The topological polar surface area (TPSA) is 80.2 Å². The lowest BCUT2D eigenvalue weighted by Crippen LogP contribution is -2.45. The maximum Gasteiger partial charge on any atom is 0.288 e.